The topological polar surface area (TPSA) is 84.3 Å². The van der Waals surface area contributed by atoms with Gasteiger partial charge in [-0.15, -0.1) is 11.8 Å². The minimum Gasteiger partial charge on any atom is -0.249 e. The third-order valence-electron chi connectivity index (χ3n) is 3.78. The molecule has 1 aromatic heterocycles. The van der Waals surface area contributed by atoms with E-state index in [-0.39, 0.29) is 11.2 Å². The van der Waals surface area contributed by atoms with Crippen LogP contribution in [-0.2, 0) is 0 Å². The number of pyridine rings is 1. The maximum absolute atomic E-state index is 9.42. The van der Waals surface area contributed by atoms with Crippen molar-refractivity contribution < 1.29 is 0 Å². The molecule has 24 heavy (non-hydrogen) atoms. The van der Waals surface area contributed by atoms with Crippen LogP contribution in [0.1, 0.15) is 30.4 Å². The van der Waals surface area contributed by atoms with E-state index >= 15 is 0 Å². The summed E-state index contributed by atoms with van der Waals surface area (Å²) in [5.74, 6) is -0.996. The number of rotatable bonds is 6. The summed E-state index contributed by atoms with van der Waals surface area (Å²) in [4.78, 5) is 4.30. The van der Waals surface area contributed by atoms with Crippen molar-refractivity contribution in [2.45, 2.75) is 29.5 Å². The molecule has 0 saturated carbocycles. The van der Waals surface area contributed by atoms with Gasteiger partial charge in [0.15, 0.2) is 0 Å². The first-order valence-electron chi connectivity index (χ1n) is 7.61. The molecule has 0 fully saturated rings. The fourth-order valence-electron chi connectivity index (χ4n) is 2.61. The van der Waals surface area contributed by atoms with Crippen LogP contribution >= 0.6 is 11.8 Å². The molecule has 2 unspecified atom stereocenters. The maximum atomic E-state index is 9.42. The van der Waals surface area contributed by atoms with E-state index < -0.39 is 5.92 Å². The van der Waals surface area contributed by atoms with Gasteiger partial charge in [0.25, 0.3) is 0 Å². The van der Waals surface area contributed by atoms with Crippen LogP contribution in [0.2, 0.25) is 0 Å². The molecule has 0 N–H and O–H groups in total. The van der Waals surface area contributed by atoms with Gasteiger partial charge in [-0.25, -0.2) is 4.98 Å². The fourth-order valence-corrected chi connectivity index (χ4v) is 3.89. The maximum Gasteiger partial charge on any atom is 0.141 e. The van der Waals surface area contributed by atoms with Gasteiger partial charge >= 0.3 is 0 Å². The van der Waals surface area contributed by atoms with Gasteiger partial charge in [0.05, 0.1) is 17.7 Å². The van der Waals surface area contributed by atoms with Crippen molar-refractivity contribution in [1.82, 2.24) is 4.98 Å². The van der Waals surface area contributed by atoms with Crippen LogP contribution in [-0.4, -0.2) is 10.2 Å². The van der Waals surface area contributed by atoms with Crippen molar-refractivity contribution >= 4 is 11.8 Å². The Bertz CT molecular complexity index is 785. The molecule has 0 saturated heterocycles. The molecule has 0 aliphatic heterocycles. The van der Waals surface area contributed by atoms with Crippen LogP contribution < -0.4 is 0 Å². The summed E-state index contributed by atoms with van der Waals surface area (Å²) in [6.45, 7) is 2.02. The molecule has 0 amide bonds. The van der Waals surface area contributed by atoms with Gasteiger partial charge in [-0.1, -0.05) is 37.3 Å². The van der Waals surface area contributed by atoms with Gasteiger partial charge < -0.3 is 0 Å². The summed E-state index contributed by atoms with van der Waals surface area (Å²) in [7, 11) is 0. The van der Waals surface area contributed by atoms with Crippen LogP contribution in [0, 0.1) is 39.9 Å². The standard InChI is InChI=1S/C19H16N4S/c1-2-17(24-19-15(11-20)9-6-10-23-19)18(16(12-21)13-22)14-7-4-3-5-8-14/h3-10,16-18H,2H2,1H3. The SMILES string of the molecule is CCC(Sc1ncccc1C#N)C(c1ccccc1)C(C#N)C#N. The van der Waals surface area contributed by atoms with Crippen molar-refractivity contribution in [3.8, 4) is 18.2 Å². The first-order valence-corrected chi connectivity index (χ1v) is 8.49. The Balaban J connectivity index is 2.42. The zero-order valence-electron chi connectivity index (χ0n) is 13.3. The summed E-state index contributed by atoms with van der Waals surface area (Å²) in [5.41, 5.74) is 1.47. The zero-order chi connectivity index (χ0) is 17.4. The zero-order valence-corrected chi connectivity index (χ0v) is 14.1. The van der Waals surface area contributed by atoms with E-state index in [0.717, 1.165) is 12.0 Å². The Morgan fingerprint density at radius 2 is 1.75 bits per heavy atom. The van der Waals surface area contributed by atoms with E-state index in [2.05, 4.69) is 23.2 Å². The smallest absolute Gasteiger partial charge is 0.141 e. The highest BCUT2D eigenvalue weighted by atomic mass is 32.2. The number of thioether (sulfide) groups is 1. The van der Waals surface area contributed by atoms with E-state index in [1.54, 1.807) is 18.3 Å². The number of hydrogen-bond donors (Lipinski definition) is 0. The summed E-state index contributed by atoms with van der Waals surface area (Å²) in [6, 6.07) is 19.5. The average Bonchev–Trinajstić information content (AvgIpc) is 2.65. The van der Waals surface area contributed by atoms with Gasteiger partial charge in [0.1, 0.15) is 17.0 Å². The Morgan fingerprint density at radius 3 is 2.33 bits per heavy atom. The Morgan fingerprint density at radius 1 is 1.04 bits per heavy atom. The van der Waals surface area contributed by atoms with Gasteiger partial charge in [-0.3, -0.25) is 0 Å². The van der Waals surface area contributed by atoms with E-state index in [1.165, 1.54) is 11.8 Å². The number of nitrogens with zero attached hydrogens (tertiary/aromatic N) is 4. The quantitative estimate of drug-likeness (QED) is 0.737. The first kappa shape index (κ1) is 17.5. The molecule has 118 valence electrons. The predicted molar refractivity (Wildman–Crippen MR) is 92.8 cm³/mol. The van der Waals surface area contributed by atoms with Gasteiger partial charge in [0.2, 0.25) is 0 Å². The molecule has 0 spiro atoms. The number of hydrogen-bond acceptors (Lipinski definition) is 5. The number of benzene rings is 1. The molecule has 4 nitrogen and oxygen atoms in total. The third-order valence-corrected chi connectivity index (χ3v) is 5.26. The van der Waals surface area contributed by atoms with Crippen LogP contribution in [0.25, 0.3) is 0 Å². The van der Waals surface area contributed by atoms with Crippen LogP contribution in [0.3, 0.4) is 0 Å². The summed E-state index contributed by atoms with van der Waals surface area (Å²) in [6.07, 6.45) is 2.41. The lowest BCUT2D eigenvalue weighted by Gasteiger charge is -2.26. The molecule has 2 atom stereocenters. The summed E-state index contributed by atoms with van der Waals surface area (Å²) >= 11 is 1.47. The molecule has 0 radical (unpaired) electrons. The Hall–Kier alpha value is -2.81. The second kappa shape index (κ2) is 8.73. The molecular formula is C19H16N4S. The van der Waals surface area contributed by atoms with Crippen LogP contribution in [0.15, 0.2) is 53.7 Å². The number of aromatic nitrogens is 1. The lowest BCUT2D eigenvalue weighted by Crippen LogP contribution is -2.22. The second-order valence-electron chi connectivity index (χ2n) is 5.20. The average molecular weight is 332 g/mol. The van der Waals surface area contributed by atoms with E-state index in [4.69, 9.17) is 0 Å². The van der Waals surface area contributed by atoms with E-state index in [1.807, 2.05) is 37.3 Å². The lowest BCUT2D eigenvalue weighted by molar-refractivity contribution is 0.569. The largest absolute Gasteiger partial charge is 0.249 e. The van der Waals surface area contributed by atoms with E-state index in [9.17, 15) is 15.8 Å². The third kappa shape index (κ3) is 3.93. The van der Waals surface area contributed by atoms with Crippen LogP contribution in [0.5, 0.6) is 0 Å². The molecule has 1 heterocycles. The molecule has 5 heteroatoms. The predicted octanol–water partition coefficient (Wildman–Crippen LogP) is 4.27. The Labute approximate surface area is 146 Å². The molecule has 0 aliphatic rings. The fraction of sp³-hybridized carbons (Fsp3) is 0.263. The molecule has 2 aromatic rings. The minimum atomic E-state index is -0.751. The van der Waals surface area contributed by atoms with E-state index in [0.29, 0.717) is 10.6 Å². The lowest BCUT2D eigenvalue weighted by atomic mass is 9.84. The highest BCUT2D eigenvalue weighted by Crippen LogP contribution is 2.40. The van der Waals surface area contributed by atoms with Gasteiger partial charge in [-0.2, -0.15) is 15.8 Å². The highest BCUT2D eigenvalue weighted by molar-refractivity contribution is 8.00. The van der Waals surface area contributed by atoms with Gasteiger partial charge in [-0.05, 0) is 24.1 Å². The second-order valence-corrected chi connectivity index (χ2v) is 6.43. The molecular weight excluding hydrogens is 316 g/mol. The normalized spacial score (nSPS) is 12.6. The first-order chi connectivity index (χ1) is 11.7. The molecule has 2 rings (SSSR count). The molecule has 1 aromatic carbocycles. The monoisotopic (exact) mass is 332 g/mol. The van der Waals surface area contributed by atoms with Crippen LogP contribution in [0.4, 0.5) is 0 Å². The number of nitriles is 3. The van der Waals surface area contributed by atoms with Crippen molar-refractivity contribution in [1.29, 1.82) is 15.8 Å². The minimum absolute atomic E-state index is 0.0290. The van der Waals surface area contributed by atoms with Crippen molar-refractivity contribution in [2.24, 2.45) is 5.92 Å². The van der Waals surface area contributed by atoms with Crippen molar-refractivity contribution in [2.75, 3.05) is 0 Å². The van der Waals surface area contributed by atoms with Gasteiger partial charge in [0, 0.05) is 17.4 Å². The Kier molecular flexibility index (Phi) is 6.38. The van der Waals surface area contributed by atoms with Crippen molar-refractivity contribution in [3.05, 3.63) is 59.8 Å². The molecule has 0 bridgehead atoms. The summed E-state index contributed by atoms with van der Waals surface area (Å²) in [5, 5.41) is 28.7. The molecule has 0 aliphatic carbocycles. The summed E-state index contributed by atoms with van der Waals surface area (Å²) < 4.78 is 0. The highest BCUT2D eigenvalue weighted by Gasteiger charge is 2.31. The van der Waals surface area contributed by atoms with Crippen molar-refractivity contribution in [3.63, 3.8) is 0 Å².